The zero-order valence-corrected chi connectivity index (χ0v) is 13.2. The fourth-order valence-electron chi connectivity index (χ4n) is 3.17. The summed E-state index contributed by atoms with van der Waals surface area (Å²) in [6.45, 7) is 11.9. The summed E-state index contributed by atoms with van der Waals surface area (Å²) >= 11 is 0. The summed E-state index contributed by atoms with van der Waals surface area (Å²) in [6, 6.07) is 2.44. The maximum atomic E-state index is 6.36. The molecule has 1 aliphatic carbocycles. The van der Waals surface area contributed by atoms with Gasteiger partial charge < -0.3 is 15.0 Å². The molecule has 1 aliphatic rings. The van der Waals surface area contributed by atoms with Crippen LogP contribution in [-0.2, 0) is 17.7 Å². The number of nitrogens with two attached hydrogens (primary N) is 1. The largest absolute Gasteiger partial charge is 0.377 e. The van der Waals surface area contributed by atoms with Gasteiger partial charge >= 0.3 is 0 Å². The minimum atomic E-state index is -0.150. The molecule has 0 saturated heterocycles. The van der Waals surface area contributed by atoms with Crippen LogP contribution in [-0.4, -0.2) is 17.3 Å². The van der Waals surface area contributed by atoms with E-state index in [1.165, 1.54) is 17.0 Å². The van der Waals surface area contributed by atoms with Crippen molar-refractivity contribution in [2.75, 3.05) is 7.11 Å². The van der Waals surface area contributed by atoms with Gasteiger partial charge in [-0.2, -0.15) is 0 Å². The normalized spacial score (nSPS) is 22.4. The summed E-state index contributed by atoms with van der Waals surface area (Å²) in [5.74, 6) is 0. The molecule has 1 aromatic rings. The molecule has 1 heterocycles. The van der Waals surface area contributed by atoms with Crippen LogP contribution < -0.4 is 5.73 Å². The average molecular weight is 264 g/mol. The maximum absolute atomic E-state index is 6.36. The van der Waals surface area contributed by atoms with Crippen LogP contribution >= 0.6 is 0 Å². The highest BCUT2D eigenvalue weighted by Gasteiger charge is 2.34. The second kappa shape index (κ2) is 4.64. The van der Waals surface area contributed by atoms with Gasteiger partial charge in [0, 0.05) is 24.5 Å². The first kappa shape index (κ1) is 14.6. The Kier molecular flexibility index (Phi) is 3.56. The summed E-state index contributed by atoms with van der Waals surface area (Å²) in [6.07, 6.45) is 2.17. The first-order valence-corrected chi connectivity index (χ1v) is 7.15. The summed E-state index contributed by atoms with van der Waals surface area (Å²) in [5, 5.41) is 0. The van der Waals surface area contributed by atoms with E-state index >= 15 is 0 Å². The number of aryl methyl sites for hydroxylation is 1. The molecule has 0 fully saturated rings. The average Bonchev–Trinajstić information content (AvgIpc) is 2.56. The van der Waals surface area contributed by atoms with E-state index in [2.05, 4.69) is 45.3 Å². The predicted octanol–water partition coefficient (Wildman–Crippen LogP) is 3.19. The molecule has 2 rings (SSSR count). The fourth-order valence-corrected chi connectivity index (χ4v) is 3.17. The molecule has 2 N–H and O–H groups in total. The Hall–Kier alpha value is -0.800. The summed E-state index contributed by atoms with van der Waals surface area (Å²) in [5.41, 5.74) is 10.5. The van der Waals surface area contributed by atoms with Crippen molar-refractivity contribution in [3.8, 4) is 0 Å². The van der Waals surface area contributed by atoms with E-state index in [1.54, 1.807) is 7.11 Å². The van der Waals surface area contributed by atoms with E-state index in [9.17, 15) is 0 Å². The molecule has 3 heteroatoms. The van der Waals surface area contributed by atoms with E-state index in [0.29, 0.717) is 0 Å². The molecular weight excluding hydrogens is 236 g/mol. The monoisotopic (exact) mass is 264 g/mol. The highest BCUT2D eigenvalue weighted by Crippen LogP contribution is 2.41. The smallest absolute Gasteiger partial charge is 0.0800 e. The SMILES string of the molecule is COC(C)(C)Cn1c(C)cc2c1CC(C)(C)CC2N. The van der Waals surface area contributed by atoms with Gasteiger partial charge in [0.05, 0.1) is 12.1 Å². The first-order chi connectivity index (χ1) is 8.65. The van der Waals surface area contributed by atoms with Crippen LogP contribution in [0.1, 0.15) is 57.1 Å². The van der Waals surface area contributed by atoms with Crippen LogP contribution in [0.4, 0.5) is 0 Å². The Bertz CT molecular complexity index is 471. The Balaban J connectivity index is 2.42. The van der Waals surface area contributed by atoms with Crippen molar-refractivity contribution in [1.29, 1.82) is 0 Å². The van der Waals surface area contributed by atoms with Crippen molar-refractivity contribution in [2.24, 2.45) is 11.1 Å². The Morgan fingerprint density at radius 2 is 2.11 bits per heavy atom. The molecule has 1 aromatic heterocycles. The Labute approximate surface area is 117 Å². The van der Waals surface area contributed by atoms with Gasteiger partial charge in [-0.3, -0.25) is 0 Å². The van der Waals surface area contributed by atoms with Gasteiger partial charge in [0.25, 0.3) is 0 Å². The molecule has 0 saturated carbocycles. The molecule has 108 valence electrons. The second-order valence-electron chi connectivity index (χ2n) is 7.39. The zero-order valence-electron chi connectivity index (χ0n) is 13.2. The summed E-state index contributed by atoms with van der Waals surface area (Å²) in [4.78, 5) is 0. The van der Waals surface area contributed by atoms with E-state index in [1.807, 2.05) is 0 Å². The summed E-state index contributed by atoms with van der Waals surface area (Å²) < 4.78 is 7.99. The third kappa shape index (κ3) is 2.87. The summed E-state index contributed by atoms with van der Waals surface area (Å²) in [7, 11) is 1.78. The van der Waals surface area contributed by atoms with Crippen LogP contribution in [0, 0.1) is 12.3 Å². The van der Waals surface area contributed by atoms with Crippen LogP contribution in [0.3, 0.4) is 0 Å². The molecule has 0 aromatic carbocycles. The topological polar surface area (TPSA) is 40.2 Å². The van der Waals surface area contributed by atoms with Gasteiger partial charge in [-0.05, 0) is 50.7 Å². The third-order valence-corrected chi connectivity index (χ3v) is 4.36. The number of hydrogen-bond acceptors (Lipinski definition) is 2. The molecule has 0 aliphatic heterocycles. The molecular formula is C16H28N2O. The lowest BCUT2D eigenvalue weighted by atomic mass is 9.74. The lowest BCUT2D eigenvalue weighted by Gasteiger charge is -2.35. The zero-order chi connectivity index (χ0) is 14.4. The van der Waals surface area contributed by atoms with E-state index in [4.69, 9.17) is 10.5 Å². The highest BCUT2D eigenvalue weighted by molar-refractivity contribution is 5.34. The van der Waals surface area contributed by atoms with Gasteiger partial charge in [-0.25, -0.2) is 0 Å². The molecule has 19 heavy (non-hydrogen) atoms. The lowest BCUT2D eigenvalue weighted by molar-refractivity contribution is 0.00678. The van der Waals surface area contributed by atoms with Crippen molar-refractivity contribution >= 4 is 0 Å². The first-order valence-electron chi connectivity index (χ1n) is 7.15. The molecule has 0 radical (unpaired) electrons. The molecule has 3 nitrogen and oxygen atoms in total. The third-order valence-electron chi connectivity index (χ3n) is 4.36. The number of aromatic nitrogens is 1. The van der Waals surface area contributed by atoms with Gasteiger partial charge in [0.1, 0.15) is 0 Å². The molecule has 1 atom stereocenters. The number of methoxy groups -OCH3 is 1. The standard InChI is InChI=1S/C16H28N2O/c1-11-7-12-13(17)8-15(2,3)9-14(12)18(11)10-16(4,5)19-6/h7,13H,8-10,17H2,1-6H3. The number of nitrogens with zero attached hydrogens (tertiary/aromatic N) is 1. The van der Waals surface area contributed by atoms with Crippen molar-refractivity contribution in [3.63, 3.8) is 0 Å². The predicted molar refractivity (Wildman–Crippen MR) is 79.3 cm³/mol. The number of rotatable bonds is 3. The number of ether oxygens (including phenoxy) is 1. The Morgan fingerprint density at radius 3 is 2.68 bits per heavy atom. The van der Waals surface area contributed by atoms with Crippen LogP contribution in [0.5, 0.6) is 0 Å². The van der Waals surface area contributed by atoms with Crippen molar-refractivity contribution in [2.45, 2.75) is 65.6 Å². The van der Waals surface area contributed by atoms with Crippen LogP contribution in [0.2, 0.25) is 0 Å². The minimum Gasteiger partial charge on any atom is -0.377 e. The van der Waals surface area contributed by atoms with E-state index in [-0.39, 0.29) is 17.1 Å². The Morgan fingerprint density at radius 1 is 1.47 bits per heavy atom. The van der Waals surface area contributed by atoms with Crippen molar-refractivity contribution < 1.29 is 4.74 Å². The lowest BCUT2D eigenvalue weighted by Crippen LogP contribution is -2.34. The van der Waals surface area contributed by atoms with Gasteiger partial charge in [0.2, 0.25) is 0 Å². The number of hydrogen-bond donors (Lipinski definition) is 1. The minimum absolute atomic E-state index is 0.150. The van der Waals surface area contributed by atoms with E-state index < -0.39 is 0 Å². The molecule has 0 bridgehead atoms. The molecule has 0 amide bonds. The fraction of sp³-hybridized carbons (Fsp3) is 0.750. The quantitative estimate of drug-likeness (QED) is 0.910. The van der Waals surface area contributed by atoms with Crippen LogP contribution in [0.15, 0.2) is 6.07 Å². The molecule has 1 unspecified atom stereocenters. The van der Waals surface area contributed by atoms with Gasteiger partial charge in [0.15, 0.2) is 0 Å². The van der Waals surface area contributed by atoms with Gasteiger partial charge in [-0.1, -0.05) is 13.8 Å². The number of fused-ring (bicyclic) bond motifs is 1. The van der Waals surface area contributed by atoms with Gasteiger partial charge in [-0.15, -0.1) is 0 Å². The van der Waals surface area contributed by atoms with Crippen molar-refractivity contribution in [3.05, 3.63) is 23.0 Å². The highest BCUT2D eigenvalue weighted by atomic mass is 16.5. The van der Waals surface area contributed by atoms with Crippen molar-refractivity contribution in [1.82, 2.24) is 4.57 Å². The second-order valence-corrected chi connectivity index (χ2v) is 7.39. The van der Waals surface area contributed by atoms with E-state index in [0.717, 1.165) is 19.4 Å². The maximum Gasteiger partial charge on any atom is 0.0800 e. The molecule has 0 spiro atoms. The van der Waals surface area contributed by atoms with Crippen LogP contribution in [0.25, 0.3) is 0 Å².